The van der Waals surface area contributed by atoms with E-state index in [1.54, 1.807) is 60.7 Å². The van der Waals surface area contributed by atoms with Crippen LogP contribution in [0.1, 0.15) is 58.4 Å². The molecule has 0 aliphatic heterocycles. The molecule has 7 nitrogen and oxygen atoms in total. The maximum Gasteiger partial charge on any atom is 0.272 e. The highest BCUT2D eigenvalue weighted by molar-refractivity contribution is 6.11. The molecule has 1 aromatic heterocycles. The second-order valence-electron chi connectivity index (χ2n) is 10.2. The Labute approximate surface area is 227 Å². The Balaban J connectivity index is 1.48. The van der Waals surface area contributed by atoms with Crippen LogP contribution in [0, 0.1) is 6.92 Å². The maximum absolute atomic E-state index is 13.2. The molecule has 0 saturated carbocycles. The second-order valence-corrected chi connectivity index (χ2v) is 10.2. The van der Waals surface area contributed by atoms with E-state index in [2.05, 4.69) is 36.7 Å². The van der Waals surface area contributed by atoms with Gasteiger partial charge in [0.2, 0.25) is 0 Å². The molecule has 0 saturated heterocycles. The lowest BCUT2D eigenvalue weighted by atomic mass is 9.87. The Morgan fingerprint density at radius 2 is 1.36 bits per heavy atom. The molecule has 0 fully saturated rings. The quantitative estimate of drug-likeness (QED) is 0.240. The molecule has 3 amide bonds. The number of rotatable bonds is 7. The number of hydrogen-bond donors (Lipinski definition) is 3. The number of aryl methyl sites for hydroxylation is 1. The Bertz CT molecular complexity index is 1490. The largest absolute Gasteiger partial charge is 0.465 e. The van der Waals surface area contributed by atoms with E-state index in [1.807, 2.05) is 31.2 Å². The average molecular weight is 522 g/mol. The number of nitrogens with one attached hydrogen (secondary N) is 3. The van der Waals surface area contributed by atoms with Gasteiger partial charge in [0.05, 0.1) is 6.26 Å². The average Bonchev–Trinajstić information content (AvgIpc) is 3.41. The fourth-order valence-electron chi connectivity index (χ4n) is 3.77. The van der Waals surface area contributed by atoms with E-state index >= 15 is 0 Å². The van der Waals surface area contributed by atoms with Crippen LogP contribution in [0.5, 0.6) is 0 Å². The SMILES string of the molecule is Cc1ccc(C(=O)N/C(=C\c2ccco2)C(=O)Nc2cccc(NC(=O)c3ccc(C(C)(C)C)cc3)c2)cc1. The molecule has 1 heterocycles. The second kappa shape index (κ2) is 11.6. The van der Waals surface area contributed by atoms with Crippen molar-refractivity contribution in [3.8, 4) is 0 Å². The van der Waals surface area contributed by atoms with Crippen LogP contribution in [-0.2, 0) is 10.2 Å². The van der Waals surface area contributed by atoms with Gasteiger partial charge < -0.3 is 20.4 Å². The number of benzene rings is 3. The van der Waals surface area contributed by atoms with Crippen molar-refractivity contribution in [3.63, 3.8) is 0 Å². The third-order valence-electron chi connectivity index (χ3n) is 6.03. The van der Waals surface area contributed by atoms with Gasteiger partial charge in [-0.25, -0.2) is 0 Å². The first-order valence-electron chi connectivity index (χ1n) is 12.5. The zero-order valence-corrected chi connectivity index (χ0v) is 22.4. The molecule has 4 aromatic rings. The lowest BCUT2D eigenvalue weighted by molar-refractivity contribution is -0.113. The number of carbonyl (C=O) groups is 3. The predicted molar refractivity (Wildman–Crippen MR) is 153 cm³/mol. The van der Waals surface area contributed by atoms with Crippen LogP contribution in [-0.4, -0.2) is 17.7 Å². The summed E-state index contributed by atoms with van der Waals surface area (Å²) in [6.45, 7) is 8.28. The Kier molecular flexibility index (Phi) is 8.10. The molecule has 0 aliphatic carbocycles. The van der Waals surface area contributed by atoms with Gasteiger partial charge in [-0.3, -0.25) is 14.4 Å². The van der Waals surface area contributed by atoms with E-state index in [-0.39, 0.29) is 17.0 Å². The lowest BCUT2D eigenvalue weighted by Gasteiger charge is -2.19. The summed E-state index contributed by atoms with van der Waals surface area (Å²) in [6, 6.07) is 24.7. The fraction of sp³-hybridized carbons (Fsp3) is 0.156. The molecule has 198 valence electrons. The van der Waals surface area contributed by atoms with E-state index in [1.165, 1.54) is 12.3 Å². The van der Waals surface area contributed by atoms with Gasteiger partial charge in [-0.05, 0) is 72.5 Å². The van der Waals surface area contributed by atoms with E-state index in [9.17, 15) is 14.4 Å². The number of anilines is 2. The van der Waals surface area contributed by atoms with Gasteiger partial charge in [0.15, 0.2) is 0 Å². The van der Waals surface area contributed by atoms with Crippen LogP contribution < -0.4 is 16.0 Å². The third-order valence-corrected chi connectivity index (χ3v) is 6.03. The van der Waals surface area contributed by atoms with Crippen molar-refractivity contribution in [1.82, 2.24) is 5.32 Å². The Morgan fingerprint density at radius 3 is 1.97 bits per heavy atom. The van der Waals surface area contributed by atoms with E-state index in [0.717, 1.165) is 11.1 Å². The third kappa shape index (κ3) is 7.32. The van der Waals surface area contributed by atoms with Crippen molar-refractivity contribution in [2.75, 3.05) is 10.6 Å². The Morgan fingerprint density at radius 1 is 0.744 bits per heavy atom. The van der Waals surface area contributed by atoms with Gasteiger partial charge in [-0.1, -0.05) is 56.7 Å². The molecule has 3 aromatic carbocycles. The minimum atomic E-state index is -0.548. The monoisotopic (exact) mass is 521 g/mol. The number of amides is 3. The summed E-state index contributed by atoms with van der Waals surface area (Å²) < 4.78 is 5.34. The van der Waals surface area contributed by atoms with E-state index in [0.29, 0.717) is 28.3 Å². The first kappa shape index (κ1) is 27.1. The summed E-state index contributed by atoms with van der Waals surface area (Å²) in [7, 11) is 0. The van der Waals surface area contributed by atoms with Crippen molar-refractivity contribution in [2.24, 2.45) is 0 Å². The van der Waals surface area contributed by atoms with Crippen molar-refractivity contribution in [1.29, 1.82) is 0 Å². The normalized spacial score (nSPS) is 11.5. The van der Waals surface area contributed by atoms with Gasteiger partial charge in [0.25, 0.3) is 17.7 Å². The van der Waals surface area contributed by atoms with Crippen LogP contribution in [0.2, 0.25) is 0 Å². The summed E-state index contributed by atoms with van der Waals surface area (Å²) in [4.78, 5) is 38.8. The summed E-state index contributed by atoms with van der Waals surface area (Å²) in [5, 5.41) is 8.32. The number of hydrogen-bond acceptors (Lipinski definition) is 4. The fourth-order valence-corrected chi connectivity index (χ4v) is 3.77. The van der Waals surface area contributed by atoms with Gasteiger partial charge >= 0.3 is 0 Å². The molecule has 7 heteroatoms. The van der Waals surface area contributed by atoms with Crippen molar-refractivity contribution in [3.05, 3.63) is 125 Å². The number of carbonyl (C=O) groups excluding carboxylic acids is 3. The molecular formula is C32H31N3O4. The van der Waals surface area contributed by atoms with Crippen molar-refractivity contribution in [2.45, 2.75) is 33.1 Å². The van der Waals surface area contributed by atoms with Crippen LogP contribution in [0.25, 0.3) is 6.08 Å². The molecule has 0 atom stereocenters. The van der Waals surface area contributed by atoms with E-state index < -0.39 is 11.8 Å². The first-order chi connectivity index (χ1) is 18.6. The molecule has 0 bridgehead atoms. The summed E-state index contributed by atoms with van der Waals surface area (Å²) >= 11 is 0. The van der Waals surface area contributed by atoms with Crippen LogP contribution in [0.4, 0.5) is 11.4 Å². The van der Waals surface area contributed by atoms with Crippen LogP contribution in [0.3, 0.4) is 0 Å². The van der Waals surface area contributed by atoms with Gasteiger partial charge in [-0.2, -0.15) is 0 Å². The first-order valence-corrected chi connectivity index (χ1v) is 12.5. The lowest BCUT2D eigenvalue weighted by Crippen LogP contribution is -2.30. The minimum Gasteiger partial charge on any atom is -0.465 e. The molecule has 0 aliphatic rings. The Hall–Kier alpha value is -4.91. The zero-order chi connectivity index (χ0) is 28.0. The molecule has 0 unspecified atom stereocenters. The molecule has 0 radical (unpaired) electrons. The van der Waals surface area contributed by atoms with Crippen LogP contribution >= 0.6 is 0 Å². The predicted octanol–water partition coefficient (Wildman–Crippen LogP) is 6.55. The maximum atomic E-state index is 13.2. The topological polar surface area (TPSA) is 100 Å². The molecule has 3 N–H and O–H groups in total. The highest BCUT2D eigenvalue weighted by Gasteiger charge is 2.17. The van der Waals surface area contributed by atoms with Crippen LogP contribution in [0.15, 0.2) is 101 Å². The highest BCUT2D eigenvalue weighted by Crippen LogP contribution is 2.23. The molecule has 0 spiro atoms. The van der Waals surface area contributed by atoms with Gasteiger partial charge in [-0.15, -0.1) is 0 Å². The molecule has 4 rings (SSSR count). The van der Waals surface area contributed by atoms with Crippen molar-refractivity contribution >= 4 is 35.2 Å². The summed E-state index contributed by atoms with van der Waals surface area (Å²) in [6.07, 6.45) is 2.93. The molecular weight excluding hydrogens is 490 g/mol. The van der Waals surface area contributed by atoms with Gasteiger partial charge in [0.1, 0.15) is 11.5 Å². The summed E-state index contributed by atoms with van der Waals surface area (Å²) in [5.41, 5.74) is 4.04. The van der Waals surface area contributed by atoms with E-state index in [4.69, 9.17) is 4.42 Å². The van der Waals surface area contributed by atoms with Crippen molar-refractivity contribution < 1.29 is 18.8 Å². The summed E-state index contributed by atoms with van der Waals surface area (Å²) in [5.74, 6) is -0.833. The highest BCUT2D eigenvalue weighted by atomic mass is 16.3. The number of furan rings is 1. The van der Waals surface area contributed by atoms with Gasteiger partial charge in [0, 0.05) is 28.6 Å². The minimum absolute atomic E-state index is 0.00361. The molecule has 39 heavy (non-hydrogen) atoms. The standard InChI is InChI=1S/C32H31N3O4/c1-21-10-12-22(13-11-21)30(37)35-28(20-27-9-6-18-39-27)31(38)34-26-8-5-7-25(19-26)33-29(36)23-14-16-24(17-15-23)32(2,3)4/h5-20H,1-4H3,(H,33,36)(H,34,38)(H,35,37)/b28-20-. The zero-order valence-electron chi connectivity index (χ0n) is 22.4. The smallest absolute Gasteiger partial charge is 0.272 e.